The molecule has 1 aliphatic carbocycles. The van der Waals surface area contributed by atoms with Crippen molar-refractivity contribution in [1.29, 1.82) is 0 Å². The summed E-state index contributed by atoms with van der Waals surface area (Å²) in [6, 6.07) is 17.8. The highest BCUT2D eigenvalue weighted by Crippen LogP contribution is 2.43. The summed E-state index contributed by atoms with van der Waals surface area (Å²) in [6.07, 6.45) is 9.54. The minimum atomic E-state index is 0.648. The number of rotatable bonds is 1. The van der Waals surface area contributed by atoms with Crippen molar-refractivity contribution >= 4 is 11.0 Å². The minimum Gasteiger partial charge on any atom is -0.256 e. The standard InChI is InChI=1S/C25H24N3/c1-17-19-13-14-26-25(17)24-20(18-7-2-3-8-18)9-6-12-23(24)28-16-27(15-19)21-10-4-5-11-22(21)28/h4-6,9-14,16,18H,2-3,7-8,15H2,1H3/q+1. The maximum absolute atomic E-state index is 4.91. The molecule has 4 aromatic rings. The van der Waals surface area contributed by atoms with Gasteiger partial charge in [0.25, 0.3) is 0 Å². The van der Waals surface area contributed by atoms with E-state index in [4.69, 9.17) is 4.98 Å². The summed E-state index contributed by atoms with van der Waals surface area (Å²) in [5.41, 5.74) is 10.4. The summed E-state index contributed by atoms with van der Waals surface area (Å²) in [5.74, 6) is 0.648. The van der Waals surface area contributed by atoms with Crippen molar-refractivity contribution in [3.8, 4) is 16.9 Å². The van der Waals surface area contributed by atoms with Gasteiger partial charge in [0, 0.05) is 11.8 Å². The lowest BCUT2D eigenvalue weighted by Crippen LogP contribution is -2.33. The molecule has 3 nitrogen and oxygen atoms in total. The summed E-state index contributed by atoms with van der Waals surface area (Å²) in [5, 5.41) is 0. The summed E-state index contributed by atoms with van der Waals surface area (Å²) in [7, 11) is 0. The van der Waals surface area contributed by atoms with E-state index in [0.29, 0.717) is 5.92 Å². The quantitative estimate of drug-likeness (QED) is 0.369. The normalized spacial score (nSPS) is 15.9. The molecule has 1 fully saturated rings. The van der Waals surface area contributed by atoms with Crippen LogP contribution in [-0.2, 0) is 6.54 Å². The third-order valence-corrected chi connectivity index (χ3v) is 6.73. The molecular formula is C25H24N3+. The zero-order chi connectivity index (χ0) is 18.7. The smallest absolute Gasteiger partial charge is 0.250 e. The van der Waals surface area contributed by atoms with Crippen LogP contribution in [0.2, 0.25) is 0 Å². The van der Waals surface area contributed by atoms with E-state index in [1.807, 2.05) is 6.20 Å². The maximum Gasteiger partial charge on any atom is 0.250 e. The molecule has 1 saturated carbocycles. The highest BCUT2D eigenvalue weighted by Gasteiger charge is 2.29. The van der Waals surface area contributed by atoms with Gasteiger partial charge in [-0.1, -0.05) is 37.1 Å². The van der Waals surface area contributed by atoms with Gasteiger partial charge in [-0.2, -0.15) is 4.57 Å². The number of pyridine rings is 1. The number of aromatic nitrogens is 3. The van der Waals surface area contributed by atoms with Crippen molar-refractivity contribution in [2.24, 2.45) is 0 Å². The van der Waals surface area contributed by atoms with Crippen LogP contribution in [0.3, 0.4) is 0 Å². The highest BCUT2D eigenvalue weighted by atomic mass is 15.1. The third kappa shape index (κ3) is 2.22. The number of fused-ring (bicyclic) bond motifs is 10. The Morgan fingerprint density at radius 1 is 1.00 bits per heavy atom. The largest absolute Gasteiger partial charge is 0.256 e. The topological polar surface area (TPSA) is 21.7 Å². The molecule has 0 N–H and O–H groups in total. The number of benzene rings is 2. The zero-order valence-corrected chi connectivity index (χ0v) is 16.2. The van der Waals surface area contributed by atoms with Crippen LogP contribution in [0.1, 0.15) is 48.3 Å². The predicted molar refractivity (Wildman–Crippen MR) is 112 cm³/mol. The Labute approximate surface area is 165 Å². The number of hydrogen-bond acceptors (Lipinski definition) is 1. The second-order valence-electron chi connectivity index (χ2n) is 8.27. The molecule has 2 aromatic carbocycles. The lowest BCUT2D eigenvalue weighted by atomic mass is 9.88. The van der Waals surface area contributed by atoms with Crippen LogP contribution in [-0.4, -0.2) is 9.55 Å². The molecule has 2 aliphatic rings. The summed E-state index contributed by atoms with van der Waals surface area (Å²) >= 11 is 0. The monoisotopic (exact) mass is 366 g/mol. The van der Waals surface area contributed by atoms with Gasteiger partial charge in [0.05, 0.1) is 11.3 Å². The van der Waals surface area contributed by atoms with Crippen LogP contribution in [0.15, 0.2) is 61.1 Å². The molecule has 0 unspecified atom stereocenters. The van der Waals surface area contributed by atoms with Crippen molar-refractivity contribution in [2.75, 3.05) is 0 Å². The number of hydrogen-bond donors (Lipinski definition) is 0. The van der Waals surface area contributed by atoms with Gasteiger partial charge in [0.15, 0.2) is 11.0 Å². The molecule has 28 heavy (non-hydrogen) atoms. The van der Waals surface area contributed by atoms with E-state index in [1.165, 1.54) is 64.7 Å². The lowest BCUT2D eigenvalue weighted by Gasteiger charge is -2.19. The van der Waals surface area contributed by atoms with Crippen molar-refractivity contribution in [3.63, 3.8) is 0 Å². The molecule has 4 bridgehead atoms. The number of para-hydroxylation sites is 2. The molecule has 0 saturated heterocycles. The van der Waals surface area contributed by atoms with Crippen molar-refractivity contribution < 1.29 is 4.57 Å². The van der Waals surface area contributed by atoms with Crippen molar-refractivity contribution in [1.82, 2.24) is 9.55 Å². The van der Waals surface area contributed by atoms with E-state index in [-0.39, 0.29) is 0 Å². The van der Waals surface area contributed by atoms with Crippen LogP contribution in [0.25, 0.3) is 28.0 Å². The fourth-order valence-electron chi connectivity index (χ4n) is 5.27. The average molecular weight is 366 g/mol. The van der Waals surface area contributed by atoms with Crippen LogP contribution in [0.4, 0.5) is 0 Å². The Balaban J connectivity index is 1.76. The lowest BCUT2D eigenvalue weighted by molar-refractivity contribution is -0.662. The zero-order valence-electron chi connectivity index (χ0n) is 16.2. The van der Waals surface area contributed by atoms with E-state index in [1.54, 1.807) is 0 Å². The molecule has 6 rings (SSSR count). The van der Waals surface area contributed by atoms with Gasteiger partial charge < -0.3 is 0 Å². The molecule has 2 aromatic heterocycles. The molecule has 0 amide bonds. The second-order valence-corrected chi connectivity index (χ2v) is 8.27. The number of nitrogens with zero attached hydrogens (tertiary/aromatic N) is 3. The Kier molecular flexibility index (Phi) is 3.46. The molecule has 3 heterocycles. The predicted octanol–water partition coefficient (Wildman–Crippen LogP) is 5.31. The van der Waals surface area contributed by atoms with Crippen LogP contribution in [0, 0.1) is 6.92 Å². The van der Waals surface area contributed by atoms with E-state index in [0.717, 1.165) is 12.2 Å². The van der Waals surface area contributed by atoms with Crippen molar-refractivity contribution in [2.45, 2.75) is 45.1 Å². The van der Waals surface area contributed by atoms with E-state index < -0.39 is 0 Å². The first-order valence-corrected chi connectivity index (χ1v) is 10.4. The van der Waals surface area contributed by atoms with Crippen LogP contribution < -0.4 is 4.57 Å². The van der Waals surface area contributed by atoms with Gasteiger partial charge in [-0.05, 0) is 61.1 Å². The minimum absolute atomic E-state index is 0.648. The molecule has 0 atom stereocenters. The van der Waals surface area contributed by atoms with Gasteiger partial charge in [-0.3, -0.25) is 4.98 Å². The van der Waals surface area contributed by atoms with E-state index >= 15 is 0 Å². The molecule has 3 heteroatoms. The van der Waals surface area contributed by atoms with E-state index in [2.05, 4.69) is 70.9 Å². The Hall–Kier alpha value is -2.94. The van der Waals surface area contributed by atoms with Gasteiger partial charge in [0.1, 0.15) is 12.2 Å². The number of imidazole rings is 1. The molecule has 0 spiro atoms. The molecule has 1 aliphatic heterocycles. The first kappa shape index (κ1) is 16.1. The van der Waals surface area contributed by atoms with Gasteiger partial charge in [0.2, 0.25) is 6.33 Å². The van der Waals surface area contributed by atoms with Crippen LogP contribution in [0.5, 0.6) is 0 Å². The first-order valence-electron chi connectivity index (χ1n) is 10.4. The molecule has 0 radical (unpaired) electrons. The molecular weight excluding hydrogens is 342 g/mol. The second kappa shape index (κ2) is 6.03. The average Bonchev–Trinajstić information content (AvgIpc) is 3.37. The Morgan fingerprint density at radius 3 is 2.75 bits per heavy atom. The van der Waals surface area contributed by atoms with Gasteiger partial charge in [-0.25, -0.2) is 4.57 Å². The fraction of sp³-hybridized carbons (Fsp3) is 0.280. The maximum atomic E-state index is 4.91. The molecule has 138 valence electrons. The van der Waals surface area contributed by atoms with Crippen molar-refractivity contribution in [3.05, 3.63) is 77.7 Å². The third-order valence-electron chi connectivity index (χ3n) is 6.73. The summed E-state index contributed by atoms with van der Waals surface area (Å²) in [6.45, 7) is 3.12. The SMILES string of the molecule is Cc1c2ccnc1-c1c(C3CCCC3)cccc1-n1c[n+](c3ccccc31)C2. The Morgan fingerprint density at radius 2 is 1.86 bits per heavy atom. The Bertz CT molecular complexity index is 1210. The van der Waals surface area contributed by atoms with Gasteiger partial charge in [-0.15, -0.1) is 0 Å². The summed E-state index contributed by atoms with van der Waals surface area (Å²) < 4.78 is 4.75. The van der Waals surface area contributed by atoms with Gasteiger partial charge >= 0.3 is 0 Å². The highest BCUT2D eigenvalue weighted by molar-refractivity contribution is 5.82. The summed E-state index contributed by atoms with van der Waals surface area (Å²) in [4.78, 5) is 4.91. The van der Waals surface area contributed by atoms with E-state index in [9.17, 15) is 0 Å². The fourth-order valence-corrected chi connectivity index (χ4v) is 5.27. The van der Waals surface area contributed by atoms with Crippen LogP contribution >= 0.6 is 0 Å². The first-order chi connectivity index (χ1) is 13.8.